The van der Waals surface area contributed by atoms with Crippen LogP contribution in [0.4, 0.5) is 5.69 Å². The van der Waals surface area contributed by atoms with Crippen molar-refractivity contribution >= 4 is 23.4 Å². The molecule has 6 fully saturated rings. The maximum atomic E-state index is 14.1. The van der Waals surface area contributed by atoms with Gasteiger partial charge in [-0.25, -0.2) is 4.90 Å². The molecule has 1 unspecified atom stereocenters. The zero-order valence-electron chi connectivity index (χ0n) is 18.8. The Bertz CT molecular complexity index is 916. The Kier molecular flexibility index (Phi) is 4.63. The fraction of sp³-hybridized carbons (Fsp3) is 0.654. The molecule has 5 saturated carbocycles. The average Bonchev–Trinajstić information content (AvgIpc) is 3.54. The molecule has 6 heteroatoms. The van der Waals surface area contributed by atoms with Crippen LogP contribution in [0.5, 0.6) is 5.75 Å². The molecule has 0 N–H and O–H groups in total. The Morgan fingerprint density at radius 1 is 1.03 bits per heavy atom. The van der Waals surface area contributed by atoms with Gasteiger partial charge in [0.05, 0.1) is 24.1 Å². The number of imide groups is 1. The molecular weight excluding hydrogens is 404 g/mol. The first kappa shape index (κ1) is 20.3. The minimum Gasteiger partial charge on any atom is -0.494 e. The first-order valence-corrected chi connectivity index (χ1v) is 12.4. The standard InChI is InChI=1S/C26H32N2O4/c1-2-32-21-7-5-20(6-8-21)28-23(29)12-22(24(28)30)27(19-3-4-19)25(31)26-13-16-9-17(14-26)11-18(10-16)15-26/h5-8,16-19,22H,2-4,9-15H2,1H3. The van der Waals surface area contributed by atoms with Gasteiger partial charge in [0.2, 0.25) is 11.8 Å². The number of rotatable bonds is 6. The van der Waals surface area contributed by atoms with Crippen molar-refractivity contribution in [1.29, 1.82) is 0 Å². The van der Waals surface area contributed by atoms with Crippen LogP contribution in [0.25, 0.3) is 0 Å². The number of anilines is 1. The van der Waals surface area contributed by atoms with Crippen molar-refractivity contribution in [1.82, 2.24) is 4.90 Å². The zero-order valence-corrected chi connectivity index (χ0v) is 18.8. The second-order valence-electron chi connectivity index (χ2n) is 10.9. The monoisotopic (exact) mass is 436 g/mol. The highest BCUT2D eigenvalue weighted by atomic mass is 16.5. The molecule has 0 radical (unpaired) electrons. The predicted octanol–water partition coefficient (Wildman–Crippen LogP) is 3.92. The van der Waals surface area contributed by atoms with Crippen molar-refractivity contribution in [3.8, 4) is 5.75 Å². The van der Waals surface area contributed by atoms with E-state index in [2.05, 4.69) is 0 Å². The molecule has 0 spiro atoms. The van der Waals surface area contributed by atoms with Gasteiger partial charge in [-0.15, -0.1) is 0 Å². The average molecular weight is 437 g/mol. The summed E-state index contributed by atoms with van der Waals surface area (Å²) < 4.78 is 5.48. The highest BCUT2D eigenvalue weighted by molar-refractivity contribution is 6.23. The van der Waals surface area contributed by atoms with E-state index in [1.54, 1.807) is 24.3 Å². The first-order valence-electron chi connectivity index (χ1n) is 12.4. The van der Waals surface area contributed by atoms with E-state index in [-0.39, 0.29) is 35.6 Å². The smallest absolute Gasteiger partial charge is 0.257 e. The lowest BCUT2D eigenvalue weighted by atomic mass is 9.49. The van der Waals surface area contributed by atoms with Crippen LogP contribution >= 0.6 is 0 Å². The molecule has 1 atom stereocenters. The fourth-order valence-corrected chi connectivity index (χ4v) is 7.52. The first-order chi connectivity index (χ1) is 15.5. The maximum absolute atomic E-state index is 14.1. The maximum Gasteiger partial charge on any atom is 0.257 e. The van der Waals surface area contributed by atoms with Gasteiger partial charge in [0.1, 0.15) is 11.8 Å². The molecule has 6 nitrogen and oxygen atoms in total. The number of carbonyl (C=O) groups is 3. The molecular formula is C26H32N2O4. The van der Waals surface area contributed by atoms with E-state index in [4.69, 9.17) is 4.74 Å². The van der Waals surface area contributed by atoms with Gasteiger partial charge >= 0.3 is 0 Å². The van der Waals surface area contributed by atoms with Crippen molar-refractivity contribution in [2.24, 2.45) is 23.2 Å². The third kappa shape index (κ3) is 3.17. The zero-order chi connectivity index (χ0) is 22.0. The largest absolute Gasteiger partial charge is 0.494 e. The number of amides is 3. The van der Waals surface area contributed by atoms with Gasteiger partial charge < -0.3 is 9.64 Å². The van der Waals surface area contributed by atoms with E-state index >= 15 is 0 Å². The summed E-state index contributed by atoms with van der Waals surface area (Å²) in [5.41, 5.74) is 0.275. The van der Waals surface area contributed by atoms with Crippen LogP contribution in [0.1, 0.15) is 64.7 Å². The summed E-state index contributed by atoms with van der Waals surface area (Å²) in [7, 11) is 0. The Labute approximate surface area is 189 Å². The van der Waals surface area contributed by atoms with Gasteiger partial charge in [0, 0.05) is 6.04 Å². The molecule has 0 aromatic heterocycles. The van der Waals surface area contributed by atoms with E-state index in [0.717, 1.165) is 32.1 Å². The van der Waals surface area contributed by atoms with Gasteiger partial charge in [0.25, 0.3) is 5.91 Å². The summed E-state index contributed by atoms with van der Waals surface area (Å²) in [5, 5.41) is 0. The molecule has 3 amide bonds. The number of hydrogen-bond acceptors (Lipinski definition) is 4. The van der Waals surface area contributed by atoms with Crippen LogP contribution in [-0.4, -0.2) is 41.3 Å². The normalized spacial score (nSPS) is 35.5. The van der Waals surface area contributed by atoms with Crippen LogP contribution in [-0.2, 0) is 14.4 Å². The molecule has 170 valence electrons. The summed E-state index contributed by atoms with van der Waals surface area (Å²) >= 11 is 0. The van der Waals surface area contributed by atoms with Gasteiger partial charge in [-0.2, -0.15) is 0 Å². The van der Waals surface area contributed by atoms with E-state index in [9.17, 15) is 14.4 Å². The molecule has 4 bridgehead atoms. The van der Waals surface area contributed by atoms with Crippen LogP contribution < -0.4 is 9.64 Å². The number of hydrogen-bond donors (Lipinski definition) is 0. The lowest BCUT2D eigenvalue weighted by Gasteiger charge is -2.57. The van der Waals surface area contributed by atoms with E-state index in [1.165, 1.54) is 24.2 Å². The Morgan fingerprint density at radius 3 is 2.16 bits per heavy atom. The summed E-state index contributed by atoms with van der Waals surface area (Å²) in [6.07, 6.45) is 8.78. The number of carbonyl (C=O) groups excluding carboxylic acids is 3. The van der Waals surface area contributed by atoms with Gasteiger partial charge in [0.15, 0.2) is 0 Å². The minimum atomic E-state index is -0.651. The van der Waals surface area contributed by atoms with Crippen molar-refractivity contribution in [3.63, 3.8) is 0 Å². The van der Waals surface area contributed by atoms with Gasteiger partial charge in [-0.05, 0) is 100 Å². The highest BCUT2D eigenvalue weighted by Gasteiger charge is 2.59. The summed E-state index contributed by atoms with van der Waals surface area (Å²) in [4.78, 5) is 43.7. The van der Waals surface area contributed by atoms with Gasteiger partial charge in [-0.3, -0.25) is 14.4 Å². The van der Waals surface area contributed by atoms with E-state index in [0.29, 0.717) is 35.8 Å². The van der Waals surface area contributed by atoms with Crippen molar-refractivity contribution in [2.75, 3.05) is 11.5 Å². The minimum absolute atomic E-state index is 0.0979. The molecule has 5 aliphatic carbocycles. The lowest BCUT2D eigenvalue weighted by Crippen LogP contribution is -2.58. The van der Waals surface area contributed by atoms with E-state index in [1.807, 2.05) is 11.8 Å². The molecule has 1 saturated heterocycles. The number of benzene rings is 1. The van der Waals surface area contributed by atoms with Crippen molar-refractivity contribution in [2.45, 2.75) is 76.8 Å². The number of ether oxygens (including phenoxy) is 1. The predicted molar refractivity (Wildman–Crippen MR) is 119 cm³/mol. The van der Waals surface area contributed by atoms with Crippen LogP contribution in [0, 0.1) is 23.2 Å². The Morgan fingerprint density at radius 2 is 1.62 bits per heavy atom. The molecule has 6 aliphatic rings. The third-order valence-electron chi connectivity index (χ3n) is 8.53. The highest BCUT2D eigenvalue weighted by Crippen LogP contribution is 2.61. The quantitative estimate of drug-likeness (QED) is 0.634. The SMILES string of the molecule is CCOc1ccc(N2C(=O)CC(N(C(=O)C34CC5CC(CC(C5)C3)C4)C3CC3)C2=O)cc1. The second-order valence-corrected chi connectivity index (χ2v) is 10.9. The summed E-state index contributed by atoms with van der Waals surface area (Å²) in [5.74, 6) is 2.45. The number of nitrogens with zero attached hydrogens (tertiary/aromatic N) is 2. The van der Waals surface area contributed by atoms with Gasteiger partial charge in [-0.1, -0.05) is 0 Å². The Balaban J connectivity index is 1.26. The van der Waals surface area contributed by atoms with Crippen molar-refractivity contribution < 1.29 is 19.1 Å². The molecule has 1 aromatic rings. The van der Waals surface area contributed by atoms with Crippen LogP contribution in [0.3, 0.4) is 0 Å². The summed E-state index contributed by atoms with van der Waals surface area (Å²) in [6, 6.07) is 6.55. The Hall–Kier alpha value is -2.37. The molecule has 1 heterocycles. The van der Waals surface area contributed by atoms with E-state index < -0.39 is 6.04 Å². The third-order valence-corrected chi connectivity index (χ3v) is 8.53. The van der Waals surface area contributed by atoms with Crippen LogP contribution in [0.15, 0.2) is 24.3 Å². The summed E-state index contributed by atoms with van der Waals surface area (Å²) in [6.45, 7) is 2.48. The second kappa shape index (κ2) is 7.32. The molecule has 1 aliphatic heterocycles. The topological polar surface area (TPSA) is 66.9 Å². The molecule has 7 rings (SSSR count). The van der Waals surface area contributed by atoms with Crippen LogP contribution in [0.2, 0.25) is 0 Å². The molecule has 32 heavy (non-hydrogen) atoms. The van der Waals surface area contributed by atoms with Crippen molar-refractivity contribution in [3.05, 3.63) is 24.3 Å². The molecule has 1 aromatic carbocycles. The lowest BCUT2D eigenvalue weighted by molar-refractivity contribution is -0.162. The fourth-order valence-electron chi connectivity index (χ4n) is 7.52.